The van der Waals surface area contributed by atoms with Gasteiger partial charge in [-0.25, -0.2) is 0 Å². The van der Waals surface area contributed by atoms with E-state index in [0.29, 0.717) is 19.8 Å². The summed E-state index contributed by atoms with van der Waals surface area (Å²) in [6.45, 7) is 5.33. The largest absolute Gasteiger partial charge is 0.350 e. The highest BCUT2D eigenvalue weighted by atomic mass is 16.7. The fourth-order valence-electron chi connectivity index (χ4n) is 1.73. The summed E-state index contributed by atoms with van der Waals surface area (Å²) in [6.07, 6.45) is 0. The molecule has 0 radical (unpaired) electrons. The summed E-state index contributed by atoms with van der Waals surface area (Å²) in [5.74, 6) is -0.700. The maximum atomic E-state index is 11.4. The normalized spacial score (nSPS) is 31.0. The molecule has 0 saturated carbocycles. The van der Waals surface area contributed by atoms with E-state index in [1.165, 1.54) is 0 Å². The van der Waals surface area contributed by atoms with Crippen LogP contribution < -0.4 is 5.32 Å². The Morgan fingerprint density at radius 1 is 1.33 bits per heavy atom. The quantitative estimate of drug-likeness (QED) is 0.553. The highest BCUT2D eigenvalue weighted by Crippen LogP contribution is 2.41. The molecule has 0 unspecified atom stereocenters. The first-order valence-corrected chi connectivity index (χ1v) is 4.15. The minimum absolute atomic E-state index is 0.00407. The van der Waals surface area contributed by atoms with Crippen LogP contribution in [-0.4, -0.2) is 31.5 Å². The predicted octanol–water partition coefficient (Wildman–Crippen LogP) is -0.115. The summed E-state index contributed by atoms with van der Waals surface area (Å²) >= 11 is 0. The summed E-state index contributed by atoms with van der Waals surface area (Å²) in [4.78, 5) is 11.4. The fraction of sp³-hybridized carbons (Fsp3) is 0.875. The molecule has 2 heterocycles. The van der Waals surface area contributed by atoms with Gasteiger partial charge in [-0.15, -0.1) is 0 Å². The minimum Gasteiger partial charge on any atom is -0.350 e. The number of ether oxygens (including phenoxy) is 2. The molecule has 1 spiro atoms. The van der Waals surface area contributed by atoms with Gasteiger partial charge in [-0.05, 0) is 13.8 Å². The van der Waals surface area contributed by atoms with Crippen LogP contribution in [0, 0.1) is 5.41 Å². The van der Waals surface area contributed by atoms with E-state index in [0.717, 1.165) is 0 Å². The zero-order chi connectivity index (χ0) is 8.82. The monoisotopic (exact) mass is 171 g/mol. The number of amides is 1. The second-order valence-electron chi connectivity index (χ2n) is 3.76. The van der Waals surface area contributed by atoms with Gasteiger partial charge in [0, 0.05) is 0 Å². The Morgan fingerprint density at radius 2 is 1.92 bits per heavy atom. The summed E-state index contributed by atoms with van der Waals surface area (Å²) in [7, 11) is 0. The molecule has 0 bridgehead atoms. The molecule has 12 heavy (non-hydrogen) atoms. The van der Waals surface area contributed by atoms with Crippen molar-refractivity contribution in [3.05, 3.63) is 0 Å². The van der Waals surface area contributed by atoms with Crippen LogP contribution in [0.25, 0.3) is 0 Å². The molecular formula is C8H13NO3. The third-order valence-electron chi connectivity index (χ3n) is 2.76. The van der Waals surface area contributed by atoms with Crippen molar-refractivity contribution in [2.75, 3.05) is 19.8 Å². The van der Waals surface area contributed by atoms with E-state index in [2.05, 4.69) is 5.32 Å². The first kappa shape index (κ1) is 8.01. The van der Waals surface area contributed by atoms with Crippen molar-refractivity contribution >= 4 is 5.91 Å². The van der Waals surface area contributed by atoms with Crippen LogP contribution >= 0.6 is 0 Å². The summed E-state index contributed by atoms with van der Waals surface area (Å²) in [6, 6.07) is 0. The Labute approximate surface area is 71.2 Å². The molecule has 2 aliphatic rings. The third-order valence-corrected chi connectivity index (χ3v) is 2.76. The van der Waals surface area contributed by atoms with E-state index in [1.807, 2.05) is 13.8 Å². The Hall–Kier alpha value is -0.610. The maximum Gasteiger partial charge on any atom is 0.231 e. The number of carbonyl (C=O) groups excluding carboxylic acids is 1. The number of hydrogen-bond donors (Lipinski definition) is 1. The van der Waals surface area contributed by atoms with Crippen LogP contribution in [0.3, 0.4) is 0 Å². The minimum atomic E-state index is -0.704. The van der Waals surface area contributed by atoms with E-state index in [4.69, 9.17) is 9.47 Å². The van der Waals surface area contributed by atoms with Crippen molar-refractivity contribution in [3.63, 3.8) is 0 Å². The second-order valence-corrected chi connectivity index (χ2v) is 3.76. The molecule has 0 aromatic rings. The molecule has 4 nitrogen and oxygen atoms in total. The number of rotatable bonds is 0. The Kier molecular flexibility index (Phi) is 1.47. The second kappa shape index (κ2) is 2.20. The topological polar surface area (TPSA) is 47.6 Å². The zero-order valence-electron chi connectivity index (χ0n) is 7.35. The molecular weight excluding hydrogens is 158 g/mol. The maximum absolute atomic E-state index is 11.4. The SMILES string of the molecule is CC1(C)C(=O)NCC12OCCO2. The van der Waals surface area contributed by atoms with Gasteiger partial charge in [0.15, 0.2) is 5.79 Å². The Bertz CT molecular complexity index is 218. The van der Waals surface area contributed by atoms with Gasteiger partial charge in [0.2, 0.25) is 5.91 Å². The lowest BCUT2D eigenvalue weighted by atomic mass is 9.86. The molecule has 2 fully saturated rings. The number of hydrogen-bond acceptors (Lipinski definition) is 3. The van der Waals surface area contributed by atoms with Crippen molar-refractivity contribution in [2.45, 2.75) is 19.6 Å². The van der Waals surface area contributed by atoms with Crippen LogP contribution in [-0.2, 0) is 14.3 Å². The average Bonchev–Trinajstić information content (AvgIpc) is 2.55. The van der Waals surface area contributed by atoms with E-state index in [-0.39, 0.29) is 5.91 Å². The summed E-state index contributed by atoms with van der Waals surface area (Å²) in [5.41, 5.74) is -0.566. The Balaban J connectivity index is 2.32. The van der Waals surface area contributed by atoms with Crippen LogP contribution in [0.2, 0.25) is 0 Å². The molecule has 2 saturated heterocycles. The average molecular weight is 171 g/mol. The van der Waals surface area contributed by atoms with Gasteiger partial charge in [-0.1, -0.05) is 0 Å². The highest BCUT2D eigenvalue weighted by Gasteiger charge is 2.59. The first-order valence-electron chi connectivity index (χ1n) is 4.15. The van der Waals surface area contributed by atoms with Crippen LogP contribution in [0.4, 0.5) is 0 Å². The smallest absolute Gasteiger partial charge is 0.231 e. The lowest BCUT2D eigenvalue weighted by molar-refractivity contribution is -0.200. The lowest BCUT2D eigenvalue weighted by Crippen LogP contribution is -2.46. The number of nitrogens with one attached hydrogen (secondary N) is 1. The molecule has 0 aliphatic carbocycles. The molecule has 1 N–H and O–H groups in total. The molecule has 0 aromatic carbocycles. The van der Waals surface area contributed by atoms with E-state index >= 15 is 0 Å². The van der Waals surface area contributed by atoms with Crippen molar-refractivity contribution in [2.24, 2.45) is 5.41 Å². The van der Waals surface area contributed by atoms with Crippen molar-refractivity contribution in [1.29, 1.82) is 0 Å². The highest BCUT2D eigenvalue weighted by molar-refractivity contribution is 5.85. The van der Waals surface area contributed by atoms with Crippen molar-refractivity contribution in [3.8, 4) is 0 Å². The molecule has 0 atom stereocenters. The van der Waals surface area contributed by atoms with Gasteiger partial charge in [-0.3, -0.25) is 4.79 Å². The summed E-state index contributed by atoms with van der Waals surface area (Å²) in [5, 5.41) is 2.75. The molecule has 0 aromatic heterocycles. The van der Waals surface area contributed by atoms with Gasteiger partial charge in [0.25, 0.3) is 0 Å². The fourth-order valence-corrected chi connectivity index (χ4v) is 1.73. The Morgan fingerprint density at radius 3 is 2.33 bits per heavy atom. The predicted molar refractivity (Wildman–Crippen MR) is 41.4 cm³/mol. The molecule has 4 heteroatoms. The van der Waals surface area contributed by atoms with E-state index in [1.54, 1.807) is 0 Å². The van der Waals surface area contributed by atoms with Gasteiger partial charge >= 0.3 is 0 Å². The molecule has 2 aliphatic heterocycles. The van der Waals surface area contributed by atoms with E-state index < -0.39 is 11.2 Å². The standard InChI is InChI=1S/C8H13NO3/c1-7(2)6(10)9-5-8(7)11-3-4-12-8/h3-5H2,1-2H3,(H,9,10). The third kappa shape index (κ3) is 0.765. The van der Waals surface area contributed by atoms with Gasteiger partial charge in [-0.2, -0.15) is 0 Å². The van der Waals surface area contributed by atoms with Gasteiger partial charge in [0.05, 0.1) is 25.2 Å². The molecule has 2 rings (SSSR count). The van der Waals surface area contributed by atoms with Gasteiger partial charge in [0.1, 0.15) is 0 Å². The van der Waals surface area contributed by atoms with Crippen LogP contribution in [0.15, 0.2) is 0 Å². The molecule has 1 amide bonds. The van der Waals surface area contributed by atoms with Gasteiger partial charge < -0.3 is 14.8 Å². The van der Waals surface area contributed by atoms with E-state index in [9.17, 15) is 4.79 Å². The summed E-state index contributed by atoms with van der Waals surface area (Å²) < 4.78 is 11.0. The van der Waals surface area contributed by atoms with Crippen molar-refractivity contribution in [1.82, 2.24) is 5.32 Å². The molecule has 68 valence electrons. The zero-order valence-corrected chi connectivity index (χ0v) is 7.35. The van der Waals surface area contributed by atoms with Crippen LogP contribution in [0.5, 0.6) is 0 Å². The van der Waals surface area contributed by atoms with Crippen LogP contribution in [0.1, 0.15) is 13.8 Å². The first-order chi connectivity index (χ1) is 5.58. The van der Waals surface area contributed by atoms with Crippen molar-refractivity contribution < 1.29 is 14.3 Å². The number of carbonyl (C=O) groups is 1. The lowest BCUT2D eigenvalue weighted by Gasteiger charge is -2.32.